The summed E-state index contributed by atoms with van der Waals surface area (Å²) in [5.41, 5.74) is 9.32. The van der Waals surface area contributed by atoms with Gasteiger partial charge in [-0.3, -0.25) is 4.79 Å². The summed E-state index contributed by atoms with van der Waals surface area (Å²) in [4.78, 5) is 23.5. The summed E-state index contributed by atoms with van der Waals surface area (Å²) in [5, 5.41) is 25.0. The monoisotopic (exact) mass is 505 g/mol. The molecule has 0 spiro atoms. The van der Waals surface area contributed by atoms with Crippen LogP contribution in [0.4, 0.5) is 0 Å². The van der Waals surface area contributed by atoms with Gasteiger partial charge in [0.2, 0.25) is 5.91 Å². The van der Waals surface area contributed by atoms with Crippen molar-refractivity contribution in [3.05, 3.63) is 106 Å². The Bertz CT molecular complexity index is 1420. The number of carbonyl (C=O) groups excluding carboxylic acids is 1. The minimum atomic E-state index is -1.02. The fourth-order valence-electron chi connectivity index (χ4n) is 4.37. The standard InChI is InChI=1S/C28H28ClN3O4/c1-17(31-15-26(33)20-5-3-7-23(29)13-20)10-18-8-9-24-22(11-18)14-25(28(35)36)32(24)16-19-4-2-6-21(12-19)27(30)34/h2-9,11-14,17,26,31,33H,10,15-16H2,1H3,(H2,30,34)(H,35,36)/t17-,26-/m1/s1. The summed E-state index contributed by atoms with van der Waals surface area (Å²) in [5.74, 6) is -1.55. The van der Waals surface area contributed by atoms with E-state index in [9.17, 15) is 19.8 Å². The van der Waals surface area contributed by atoms with Gasteiger partial charge in [0.05, 0.1) is 6.10 Å². The van der Waals surface area contributed by atoms with Crippen molar-refractivity contribution in [2.24, 2.45) is 5.73 Å². The zero-order valence-electron chi connectivity index (χ0n) is 19.8. The third kappa shape index (κ3) is 5.94. The smallest absolute Gasteiger partial charge is 0.352 e. The van der Waals surface area contributed by atoms with E-state index in [1.165, 1.54) is 0 Å². The molecule has 7 nitrogen and oxygen atoms in total. The third-order valence-corrected chi connectivity index (χ3v) is 6.41. The molecular weight excluding hydrogens is 478 g/mol. The Hall–Kier alpha value is -3.65. The first kappa shape index (κ1) is 25.4. The summed E-state index contributed by atoms with van der Waals surface area (Å²) in [6, 6.07) is 21.7. The Kier molecular flexibility index (Phi) is 7.74. The van der Waals surface area contributed by atoms with Crippen molar-refractivity contribution in [1.82, 2.24) is 9.88 Å². The van der Waals surface area contributed by atoms with Gasteiger partial charge in [0.15, 0.2) is 0 Å². The average molecular weight is 506 g/mol. The molecule has 36 heavy (non-hydrogen) atoms. The number of nitrogens with two attached hydrogens (primary N) is 1. The summed E-state index contributed by atoms with van der Waals surface area (Å²) < 4.78 is 1.73. The van der Waals surface area contributed by atoms with Gasteiger partial charge in [-0.1, -0.05) is 41.9 Å². The molecule has 4 rings (SSSR count). The Balaban J connectivity index is 1.49. The van der Waals surface area contributed by atoms with Crippen LogP contribution in [0.3, 0.4) is 0 Å². The first-order chi connectivity index (χ1) is 17.2. The fraction of sp³-hybridized carbons (Fsp3) is 0.214. The predicted molar refractivity (Wildman–Crippen MR) is 141 cm³/mol. The zero-order chi connectivity index (χ0) is 25.8. The first-order valence-corrected chi connectivity index (χ1v) is 12.0. The molecule has 186 valence electrons. The SMILES string of the molecule is C[C@H](Cc1ccc2c(c1)cc(C(=O)O)n2Cc1cccc(C(N)=O)c1)NC[C@@H](O)c1cccc(Cl)c1. The van der Waals surface area contributed by atoms with Gasteiger partial charge in [0.1, 0.15) is 5.69 Å². The van der Waals surface area contributed by atoms with Gasteiger partial charge in [-0.15, -0.1) is 0 Å². The van der Waals surface area contributed by atoms with Crippen molar-refractivity contribution >= 4 is 34.4 Å². The number of halogens is 1. The largest absolute Gasteiger partial charge is 0.477 e. The molecule has 8 heteroatoms. The second-order valence-corrected chi connectivity index (χ2v) is 9.40. The Morgan fingerprint density at radius 1 is 1.03 bits per heavy atom. The van der Waals surface area contributed by atoms with Crippen LogP contribution in [0, 0.1) is 0 Å². The minimum absolute atomic E-state index is 0.0776. The van der Waals surface area contributed by atoms with Crippen LogP contribution < -0.4 is 11.1 Å². The molecular formula is C28H28ClN3O4. The van der Waals surface area contributed by atoms with Crippen LogP contribution in [-0.4, -0.2) is 39.2 Å². The van der Waals surface area contributed by atoms with Crippen LogP contribution in [0.1, 0.15) is 50.6 Å². The lowest BCUT2D eigenvalue weighted by atomic mass is 10.0. The van der Waals surface area contributed by atoms with E-state index in [0.717, 1.165) is 27.6 Å². The maximum Gasteiger partial charge on any atom is 0.352 e. The summed E-state index contributed by atoms with van der Waals surface area (Å²) >= 11 is 6.02. The Morgan fingerprint density at radius 3 is 2.53 bits per heavy atom. The second-order valence-electron chi connectivity index (χ2n) is 8.96. The number of amides is 1. The van der Waals surface area contributed by atoms with Crippen molar-refractivity contribution in [2.75, 3.05) is 6.54 Å². The van der Waals surface area contributed by atoms with Gasteiger partial charge >= 0.3 is 5.97 Å². The average Bonchev–Trinajstić information content (AvgIpc) is 3.20. The van der Waals surface area contributed by atoms with E-state index >= 15 is 0 Å². The second kappa shape index (κ2) is 11.0. The topological polar surface area (TPSA) is 118 Å². The van der Waals surface area contributed by atoms with Crippen LogP contribution in [0.5, 0.6) is 0 Å². The number of nitrogens with zero attached hydrogens (tertiary/aromatic N) is 1. The number of hydrogen-bond acceptors (Lipinski definition) is 4. The van der Waals surface area contributed by atoms with Crippen LogP contribution >= 0.6 is 11.6 Å². The maximum atomic E-state index is 12.0. The van der Waals surface area contributed by atoms with Crippen LogP contribution in [0.2, 0.25) is 5.02 Å². The number of benzene rings is 3. The molecule has 1 heterocycles. The summed E-state index contributed by atoms with van der Waals surface area (Å²) in [6.07, 6.45) is 0.0285. The molecule has 2 atom stereocenters. The molecule has 0 saturated carbocycles. The minimum Gasteiger partial charge on any atom is -0.477 e. The van der Waals surface area contributed by atoms with Crippen LogP contribution in [0.15, 0.2) is 72.8 Å². The lowest BCUT2D eigenvalue weighted by Crippen LogP contribution is -2.32. The van der Waals surface area contributed by atoms with Gasteiger partial charge in [-0.05, 0) is 72.5 Å². The molecule has 0 aliphatic heterocycles. The molecule has 0 aliphatic rings. The highest BCUT2D eigenvalue weighted by Gasteiger charge is 2.17. The van der Waals surface area contributed by atoms with Gasteiger partial charge < -0.3 is 25.8 Å². The quantitative estimate of drug-likeness (QED) is 0.255. The van der Waals surface area contributed by atoms with Gasteiger partial charge in [0, 0.05) is 40.6 Å². The number of rotatable bonds is 10. The van der Waals surface area contributed by atoms with Crippen molar-refractivity contribution in [3.63, 3.8) is 0 Å². The molecule has 0 fully saturated rings. The van der Waals surface area contributed by atoms with E-state index in [1.54, 1.807) is 41.0 Å². The molecule has 0 unspecified atom stereocenters. The van der Waals surface area contributed by atoms with Gasteiger partial charge in [-0.2, -0.15) is 0 Å². The maximum absolute atomic E-state index is 12.0. The third-order valence-electron chi connectivity index (χ3n) is 6.17. The lowest BCUT2D eigenvalue weighted by molar-refractivity contribution is 0.0686. The number of nitrogens with one attached hydrogen (secondary N) is 1. The number of hydrogen-bond donors (Lipinski definition) is 4. The molecule has 0 radical (unpaired) electrons. The predicted octanol–water partition coefficient (Wildman–Crippen LogP) is 4.39. The van der Waals surface area contributed by atoms with Crippen LogP contribution in [0.25, 0.3) is 10.9 Å². The highest BCUT2D eigenvalue weighted by atomic mass is 35.5. The number of carboxylic acid groups (broad SMARTS) is 1. The number of aliphatic hydroxyl groups excluding tert-OH is 1. The molecule has 1 aromatic heterocycles. The number of carboxylic acids is 1. The molecule has 0 bridgehead atoms. The number of carbonyl (C=O) groups is 2. The highest BCUT2D eigenvalue weighted by molar-refractivity contribution is 6.30. The van der Waals surface area contributed by atoms with Gasteiger partial charge in [0.25, 0.3) is 0 Å². The van der Waals surface area contributed by atoms with E-state index in [2.05, 4.69) is 5.32 Å². The summed E-state index contributed by atoms with van der Waals surface area (Å²) in [6.45, 7) is 2.72. The van der Waals surface area contributed by atoms with E-state index in [1.807, 2.05) is 43.3 Å². The molecule has 5 N–H and O–H groups in total. The number of aromatic nitrogens is 1. The lowest BCUT2D eigenvalue weighted by Gasteiger charge is -2.18. The van der Waals surface area contributed by atoms with Crippen molar-refractivity contribution < 1.29 is 19.8 Å². The van der Waals surface area contributed by atoms with E-state index in [-0.39, 0.29) is 11.7 Å². The van der Waals surface area contributed by atoms with E-state index < -0.39 is 18.0 Å². The van der Waals surface area contributed by atoms with Crippen LogP contribution in [-0.2, 0) is 13.0 Å². The molecule has 4 aromatic rings. The Morgan fingerprint density at radius 2 is 1.81 bits per heavy atom. The number of fused-ring (bicyclic) bond motifs is 1. The fourth-order valence-corrected chi connectivity index (χ4v) is 4.57. The number of primary amides is 1. The zero-order valence-corrected chi connectivity index (χ0v) is 20.6. The van der Waals surface area contributed by atoms with Crippen molar-refractivity contribution in [3.8, 4) is 0 Å². The number of aliphatic hydroxyl groups is 1. The molecule has 1 amide bonds. The van der Waals surface area contributed by atoms with Gasteiger partial charge in [-0.25, -0.2) is 4.79 Å². The van der Waals surface area contributed by atoms with E-state index in [0.29, 0.717) is 30.1 Å². The summed E-state index contributed by atoms with van der Waals surface area (Å²) in [7, 11) is 0. The normalized spacial score (nSPS) is 13.0. The number of aromatic carboxylic acids is 1. The van der Waals surface area contributed by atoms with E-state index in [4.69, 9.17) is 17.3 Å². The molecule has 3 aromatic carbocycles. The molecule has 0 saturated heterocycles. The highest BCUT2D eigenvalue weighted by Crippen LogP contribution is 2.24. The Labute approximate surface area is 214 Å². The van der Waals surface area contributed by atoms with Crippen molar-refractivity contribution in [1.29, 1.82) is 0 Å². The van der Waals surface area contributed by atoms with Crippen molar-refractivity contribution in [2.45, 2.75) is 32.0 Å². The molecule has 0 aliphatic carbocycles. The first-order valence-electron chi connectivity index (χ1n) is 11.6.